The molecule has 0 aromatic heterocycles. The Kier molecular flexibility index (Phi) is 6.38. The molecule has 0 radical (unpaired) electrons. The lowest BCUT2D eigenvalue weighted by atomic mass is 10.0. The number of carbonyl (C=O) groups excluding carboxylic acids is 2. The average Bonchev–Trinajstić information content (AvgIpc) is 2.69. The molecule has 0 saturated carbocycles. The van der Waals surface area contributed by atoms with Crippen molar-refractivity contribution >= 4 is 23.1 Å². The molecule has 1 aliphatic heterocycles. The Balaban J connectivity index is 1.83. The van der Waals surface area contributed by atoms with Gasteiger partial charge in [-0.3, -0.25) is 9.59 Å². The van der Waals surface area contributed by atoms with Crippen LogP contribution < -0.4 is 10.2 Å². The molecular weight excluding hydrogens is 407 g/mol. The first-order chi connectivity index (χ1) is 14.5. The Morgan fingerprint density at radius 1 is 1.16 bits per heavy atom. The van der Waals surface area contributed by atoms with E-state index < -0.39 is 17.6 Å². The van der Waals surface area contributed by atoms with Crippen LogP contribution in [0.2, 0.25) is 0 Å². The van der Waals surface area contributed by atoms with Crippen molar-refractivity contribution in [3.05, 3.63) is 70.9 Å². The van der Waals surface area contributed by atoms with Crippen LogP contribution in [0, 0.1) is 6.92 Å². The van der Waals surface area contributed by atoms with Crippen LogP contribution in [0.3, 0.4) is 0 Å². The van der Waals surface area contributed by atoms with Gasteiger partial charge in [-0.05, 0) is 42.8 Å². The van der Waals surface area contributed by atoms with Crippen LogP contribution in [0.4, 0.5) is 24.5 Å². The first-order valence-corrected chi connectivity index (χ1v) is 9.79. The van der Waals surface area contributed by atoms with Crippen molar-refractivity contribution in [3.8, 4) is 0 Å². The number of halogens is 3. The maximum Gasteiger partial charge on any atom is 0.416 e. The van der Waals surface area contributed by atoms with E-state index in [1.165, 1.54) is 12.1 Å². The highest BCUT2D eigenvalue weighted by atomic mass is 19.4. The highest BCUT2D eigenvalue weighted by molar-refractivity contribution is 6.05. The van der Waals surface area contributed by atoms with Crippen molar-refractivity contribution in [2.24, 2.45) is 0 Å². The van der Waals surface area contributed by atoms with Crippen LogP contribution in [0.15, 0.2) is 54.2 Å². The van der Waals surface area contributed by atoms with Crippen molar-refractivity contribution in [2.45, 2.75) is 19.5 Å². The minimum absolute atomic E-state index is 0.0710. The Labute approximate surface area is 179 Å². The Hall–Kier alpha value is -3.29. The molecule has 0 atom stereocenters. The molecule has 0 unspecified atom stereocenters. The second-order valence-electron chi connectivity index (χ2n) is 7.75. The van der Waals surface area contributed by atoms with Gasteiger partial charge in [0.15, 0.2) is 5.78 Å². The molecule has 3 rings (SSSR count). The Morgan fingerprint density at radius 3 is 2.58 bits per heavy atom. The lowest BCUT2D eigenvalue weighted by Crippen LogP contribution is -2.37. The van der Waals surface area contributed by atoms with Gasteiger partial charge < -0.3 is 15.1 Å². The number of hydrogen-bond donors (Lipinski definition) is 1. The Morgan fingerprint density at radius 2 is 1.90 bits per heavy atom. The highest BCUT2D eigenvalue weighted by Gasteiger charge is 2.30. The molecule has 1 aliphatic rings. The molecule has 5 nitrogen and oxygen atoms in total. The number of nitrogens with zero attached hydrogens (tertiary/aromatic N) is 2. The summed E-state index contributed by atoms with van der Waals surface area (Å²) in [5, 5.41) is 2.53. The van der Waals surface area contributed by atoms with Crippen molar-refractivity contribution < 1.29 is 22.8 Å². The molecular formula is C23H24F3N3O2. The van der Waals surface area contributed by atoms with E-state index in [4.69, 9.17) is 0 Å². The standard InChI is InChI=1S/C23H24F3N3O2/c1-15-7-8-16(22(31)27-19-6-4-5-18(12-19)23(24,25)26)11-20(15)29-10-9-21(30)17(14-29)13-28(2)3/h4-8,11-13H,9-10,14H2,1-3H3,(H,27,31)/b17-13-. The minimum Gasteiger partial charge on any atom is -0.383 e. The zero-order valence-electron chi connectivity index (χ0n) is 17.6. The van der Waals surface area contributed by atoms with E-state index in [9.17, 15) is 22.8 Å². The number of nitrogens with one attached hydrogen (secondary N) is 1. The van der Waals surface area contributed by atoms with Gasteiger partial charge in [-0.25, -0.2) is 0 Å². The summed E-state index contributed by atoms with van der Waals surface area (Å²) in [6.07, 6.45) is -2.31. The molecule has 31 heavy (non-hydrogen) atoms. The molecule has 1 amide bonds. The number of rotatable bonds is 4. The predicted molar refractivity (Wildman–Crippen MR) is 114 cm³/mol. The van der Waals surface area contributed by atoms with E-state index in [-0.39, 0.29) is 11.5 Å². The maximum atomic E-state index is 12.9. The van der Waals surface area contributed by atoms with Gasteiger partial charge in [0, 0.05) is 62.3 Å². The first-order valence-electron chi connectivity index (χ1n) is 9.79. The summed E-state index contributed by atoms with van der Waals surface area (Å²) in [4.78, 5) is 28.8. The van der Waals surface area contributed by atoms with E-state index in [1.54, 1.807) is 24.4 Å². The summed E-state index contributed by atoms with van der Waals surface area (Å²) in [6, 6.07) is 9.66. The van der Waals surface area contributed by atoms with Gasteiger partial charge in [0.2, 0.25) is 0 Å². The predicted octanol–water partition coefficient (Wildman–Crippen LogP) is 4.49. The molecule has 1 fully saturated rings. The average molecular weight is 431 g/mol. The molecule has 8 heteroatoms. The molecule has 1 heterocycles. The molecule has 2 aromatic rings. The number of Topliss-reactive ketones (excluding diaryl/α,β-unsaturated/α-hetero) is 1. The summed E-state index contributed by atoms with van der Waals surface area (Å²) in [6.45, 7) is 2.87. The van der Waals surface area contributed by atoms with Gasteiger partial charge in [-0.15, -0.1) is 0 Å². The number of alkyl halides is 3. The van der Waals surface area contributed by atoms with Crippen molar-refractivity contribution in [3.63, 3.8) is 0 Å². The van der Waals surface area contributed by atoms with E-state index in [2.05, 4.69) is 5.32 Å². The third kappa shape index (κ3) is 5.45. The van der Waals surface area contributed by atoms with Crippen molar-refractivity contribution in [1.82, 2.24) is 4.90 Å². The van der Waals surface area contributed by atoms with Crippen LogP contribution in [-0.2, 0) is 11.0 Å². The molecule has 1 saturated heterocycles. The molecule has 0 aliphatic carbocycles. The van der Waals surface area contributed by atoms with E-state index in [1.807, 2.05) is 30.8 Å². The van der Waals surface area contributed by atoms with E-state index in [0.29, 0.717) is 30.6 Å². The fraction of sp³-hybridized carbons (Fsp3) is 0.304. The number of anilines is 2. The lowest BCUT2D eigenvalue weighted by molar-refractivity contribution is -0.137. The smallest absolute Gasteiger partial charge is 0.383 e. The second-order valence-corrected chi connectivity index (χ2v) is 7.75. The molecule has 0 bridgehead atoms. The monoisotopic (exact) mass is 431 g/mol. The van der Waals surface area contributed by atoms with Crippen molar-refractivity contribution in [2.75, 3.05) is 37.4 Å². The first kappa shape index (κ1) is 22.4. The third-order valence-corrected chi connectivity index (χ3v) is 5.00. The number of piperidine rings is 1. The fourth-order valence-electron chi connectivity index (χ4n) is 3.47. The number of amides is 1. The Bertz CT molecular complexity index is 1030. The van der Waals surface area contributed by atoms with Crippen LogP contribution in [0.5, 0.6) is 0 Å². The lowest BCUT2D eigenvalue weighted by Gasteiger charge is -2.31. The molecule has 0 spiro atoms. The number of hydrogen-bond acceptors (Lipinski definition) is 4. The number of carbonyl (C=O) groups is 2. The normalized spacial score (nSPS) is 15.9. The quantitative estimate of drug-likeness (QED) is 0.725. The van der Waals surface area contributed by atoms with Gasteiger partial charge in [0.05, 0.1) is 5.56 Å². The summed E-state index contributed by atoms with van der Waals surface area (Å²) in [5.41, 5.74) is 2.01. The zero-order valence-corrected chi connectivity index (χ0v) is 17.6. The summed E-state index contributed by atoms with van der Waals surface area (Å²) < 4.78 is 38.8. The second kappa shape index (κ2) is 8.83. The molecule has 1 N–H and O–H groups in total. The third-order valence-electron chi connectivity index (χ3n) is 5.00. The molecule has 164 valence electrons. The van der Waals surface area contributed by atoms with Crippen LogP contribution in [-0.4, -0.2) is 43.8 Å². The van der Waals surface area contributed by atoms with E-state index >= 15 is 0 Å². The van der Waals surface area contributed by atoms with Crippen LogP contribution in [0.25, 0.3) is 0 Å². The topological polar surface area (TPSA) is 52.7 Å². The van der Waals surface area contributed by atoms with Gasteiger partial charge in [-0.1, -0.05) is 12.1 Å². The van der Waals surface area contributed by atoms with Crippen molar-refractivity contribution in [1.29, 1.82) is 0 Å². The summed E-state index contributed by atoms with van der Waals surface area (Å²) in [7, 11) is 3.70. The van der Waals surface area contributed by atoms with Crippen LogP contribution in [0.1, 0.15) is 27.9 Å². The SMILES string of the molecule is Cc1ccc(C(=O)Nc2cccc(C(F)(F)F)c2)cc1N1CCC(=O)/C(=C\N(C)C)C1. The zero-order chi connectivity index (χ0) is 22.8. The van der Waals surface area contributed by atoms with Crippen LogP contribution >= 0.6 is 0 Å². The largest absolute Gasteiger partial charge is 0.416 e. The minimum atomic E-state index is -4.48. The fourth-order valence-corrected chi connectivity index (χ4v) is 3.47. The van der Waals surface area contributed by atoms with E-state index in [0.717, 1.165) is 23.4 Å². The van der Waals surface area contributed by atoms with Gasteiger partial charge >= 0.3 is 6.18 Å². The van der Waals surface area contributed by atoms with Gasteiger partial charge in [0.25, 0.3) is 5.91 Å². The van der Waals surface area contributed by atoms with Gasteiger partial charge in [0.1, 0.15) is 0 Å². The number of benzene rings is 2. The number of ketones is 1. The molecule has 2 aromatic carbocycles. The maximum absolute atomic E-state index is 12.9. The van der Waals surface area contributed by atoms with Gasteiger partial charge in [-0.2, -0.15) is 13.2 Å². The number of aryl methyl sites for hydroxylation is 1. The highest BCUT2D eigenvalue weighted by Crippen LogP contribution is 2.31. The summed E-state index contributed by atoms with van der Waals surface area (Å²) in [5.74, 6) is -0.404. The summed E-state index contributed by atoms with van der Waals surface area (Å²) >= 11 is 0.